The first-order chi connectivity index (χ1) is 7.65. The van der Waals surface area contributed by atoms with Crippen molar-refractivity contribution in [1.82, 2.24) is 0 Å². The van der Waals surface area contributed by atoms with Gasteiger partial charge in [-0.3, -0.25) is 9.59 Å². The number of nitrogens with two attached hydrogens (primary N) is 1. The van der Waals surface area contributed by atoms with Gasteiger partial charge in [-0.25, -0.2) is 0 Å². The van der Waals surface area contributed by atoms with Crippen LogP contribution in [0.4, 0.5) is 0 Å². The van der Waals surface area contributed by atoms with Gasteiger partial charge in [-0.05, 0) is 0 Å². The molecule has 7 heteroatoms. The van der Waals surface area contributed by atoms with E-state index in [1.54, 1.807) is 0 Å². The van der Waals surface area contributed by atoms with Crippen molar-refractivity contribution < 1.29 is 23.9 Å². The Morgan fingerprint density at radius 1 is 1.41 bits per heavy atom. The highest BCUT2D eigenvalue weighted by Gasteiger charge is 2.26. The lowest BCUT2D eigenvalue weighted by Gasteiger charge is -2.28. The van der Waals surface area contributed by atoms with Gasteiger partial charge in [-0.15, -0.1) is 0 Å². The second-order valence-electron chi connectivity index (χ2n) is 4.92. The Morgan fingerprint density at radius 2 is 1.94 bits per heavy atom. The van der Waals surface area contributed by atoms with Crippen LogP contribution < -0.4 is 5.73 Å². The number of hydrogen-bond acceptors (Lipinski definition) is 5. The molecule has 0 radical (unpaired) electrons. The fourth-order valence-electron chi connectivity index (χ4n) is 1.28. The van der Waals surface area contributed by atoms with Crippen molar-refractivity contribution in [2.75, 3.05) is 33.4 Å². The van der Waals surface area contributed by atoms with Gasteiger partial charge < -0.3 is 20.1 Å². The van der Waals surface area contributed by atoms with Gasteiger partial charge in [0.25, 0.3) is 0 Å². The van der Waals surface area contributed by atoms with E-state index in [0.717, 1.165) is 0 Å². The smallest absolute Gasteiger partial charge is 0.324 e. The fraction of sp³-hybridized carbons (Fsp3) is 0.800. The summed E-state index contributed by atoms with van der Waals surface area (Å²) in [6.45, 7) is 0.414. The van der Waals surface area contributed by atoms with E-state index >= 15 is 0 Å². The molecule has 0 aliphatic heterocycles. The van der Waals surface area contributed by atoms with E-state index in [9.17, 15) is 9.59 Å². The van der Waals surface area contributed by atoms with E-state index in [4.69, 9.17) is 15.6 Å². The van der Waals surface area contributed by atoms with Crippen LogP contribution in [-0.4, -0.2) is 67.1 Å². The molecule has 0 aliphatic carbocycles. The van der Waals surface area contributed by atoms with Crippen molar-refractivity contribution in [2.24, 2.45) is 5.73 Å². The normalized spacial score (nSPS) is 15.1. The topological polar surface area (TPSA) is 89.6 Å². The predicted molar refractivity (Wildman–Crippen MR) is 66.9 cm³/mol. The van der Waals surface area contributed by atoms with Gasteiger partial charge in [0.05, 0.1) is 27.6 Å². The molecular formula is C10H21N2O4S+. The molecular weight excluding hydrogens is 244 g/mol. The Morgan fingerprint density at radius 3 is 2.29 bits per heavy atom. The maximum Gasteiger partial charge on any atom is 0.324 e. The van der Waals surface area contributed by atoms with Crippen LogP contribution in [0.3, 0.4) is 0 Å². The van der Waals surface area contributed by atoms with Gasteiger partial charge in [-0.2, -0.15) is 12.6 Å². The number of carbonyl (C=O) groups excluding carboxylic acids is 1. The molecule has 0 saturated carbocycles. The summed E-state index contributed by atoms with van der Waals surface area (Å²) in [7, 11) is 5.67. The fourth-order valence-corrected chi connectivity index (χ4v) is 1.42. The number of aliphatic carboxylic acids is 1. The number of thiol groups is 1. The first kappa shape index (κ1) is 16.2. The molecule has 0 aliphatic rings. The van der Waals surface area contributed by atoms with Crippen LogP contribution in [-0.2, 0) is 14.3 Å². The highest BCUT2D eigenvalue weighted by Crippen LogP contribution is 2.06. The number of likely N-dealkylation sites (N-methyl/N-ethyl adjacent to an activating group) is 1. The summed E-state index contributed by atoms with van der Waals surface area (Å²) >= 11 is 3.89. The lowest BCUT2D eigenvalue weighted by molar-refractivity contribution is -0.873. The van der Waals surface area contributed by atoms with Gasteiger partial charge in [0.2, 0.25) is 0 Å². The maximum atomic E-state index is 11.5. The van der Waals surface area contributed by atoms with Crippen LogP contribution in [0.15, 0.2) is 0 Å². The van der Waals surface area contributed by atoms with Crippen molar-refractivity contribution in [3.8, 4) is 0 Å². The number of hydrogen-bond donors (Lipinski definition) is 3. The lowest BCUT2D eigenvalue weighted by Crippen LogP contribution is -2.46. The Kier molecular flexibility index (Phi) is 6.51. The molecule has 0 aromatic carbocycles. The van der Waals surface area contributed by atoms with Gasteiger partial charge in [0, 0.05) is 5.75 Å². The number of carboxylic acid groups (broad SMARTS) is 1. The van der Waals surface area contributed by atoms with Crippen molar-refractivity contribution in [3.63, 3.8) is 0 Å². The molecule has 0 amide bonds. The SMILES string of the molecule is C[N+](C)(C)C[C@H](CC(=O)O)OC(=O)[C@@H](N)CS. The van der Waals surface area contributed by atoms with Crippen LogP contribution in [0, 0.1) is 0 Å². The molecule has 0 aromatic rings. The summed E-state index contributed by atoms with van der Waals surface area (Å²) in [6.07, 6.45) is -0.897. The summed E-state index contributed by atoms with van der Waals surface area (Å²) in [5.74, 6) is -1.45. The Bertz CT molecular complexity index is 278. The van der Waals surface area contributed by atoms with Crippen LogP contribution in [0.1, 0.15) is 6.42 Å². The van der Waals surface area contributed by atoms with Crippen LogP contribution in [0.2, 0.25) is 0 Å². The zero-order valence-corrected chi connectivity index (χ0v) is 11.3. The number of carboxylic acids is 1. The Labute approximate surface area is 107 Å². The van der Waals surface area contributed by atoms with Gasteiger partial charge in [0.15, 0.2) is 6.10 Å². The minimum absolute atomic E-state index is 0.170. The van der Waals surface area contributed by atoms with Gasteiger partial charge in [0.1, 0.15) is 12.6 Å². The molecule has 0 fully saturated rings. The highest BCUT2D eigenvalue weighted by molar-refractivity contribution is 7.80. The third-order valence-electron chi connectivity index (χ3n) is 1.94. The maximum absolute atomic E-state index is 11.5. The molecule has 0 bridgehead atoms. The first-order valence-electron chi connectivity index (χ1n) is 5.25. The summed E-state index contributed by atoms with van der Waals surface area (Å²) < 4.78 is 5.58. The van der Waals surface area contributed by atoms with E-state index in [0.29, 0.717) is 11.0 Å². The molecule has 17 heavy (non-hydrogen) atoms. The van der Waals surface area contributed by atoms with Crippen molar-refractivity contribution in [1.29, 1.82) is 0 Å². The minimum Gasteiger partial charge on any atom is -0.481 e. The molecule has 0 unspecified atom stereocenters. The summed E-state index contributed by atoms with van der Waals surface area (Å²) in [5.41, 5.74) is 5.46. The average Bonchev–Trinajstić information content (AvgIpc) is 2.12. The Hall–Kier alpha value is -0.790. The van der Waals surface area contributed by atoms with Crippen LogP contribution in [0.25, 0.3) is 0 Å². The monoisotopic (exact) mass is 265 g/mol. The number of rotatable bonds is 7. The minimum atomic E-state index is -1.00. The molecule has 0 rings (SSSR count). The van der Waals surface area contributed by atoms with Gasteiger partial charge >= 0.3 is 11.9 Å². The highest BCUT2D eigenvalue weighted by atomic mass is 32.1. The molecule has 100 valence electrons. The number of carbonyl (C=O) groups is 2. The standard InChI is InChI=1S/C10H20N2O4S/c1-12(2,3)5-7(4-9(13)14)16-10(15)8(11)6-17/h7-8H,4-6,11H2,1-3H3,(H-,13,14,17)/p+1/t7-,8-/m0/s1. The molecule has 0 heterocycles. The number of ether oxygens (including phenoxy) is 1. The zero-order valence-electron chi connectivity index (χ0n) is 10.4. The second kappa shape index (κ2) is 6.83. The summed E-state index contributed by atoms with van der Waals surface area (Å²) in [6, 6.07) is -0.818. The first-order valence-corrected chi connectivity index (χ1v) is 5.88. The van der Waals surface area contributed by atoms with Crippen molar-refractivity contribution in [3.05, 3.63) is 0 Å². The largest absolute Gasteiger partial charge is 0.481 e. The van der Waals surface area contributed by atoms with E-state index in [1.807, 2.05) is 21.1 Å². The van der Waals surface area contributed by atoms with Gasteiger partial charge in [-0.1, -0.05) is 0 Å². The van der Waals surface area contributed by atoms with Crippen LogP contribution >= 0.6 is 12.6 Å². The third-order valence-corrected chi connectivity index (χ3v) is 2.33. The lowest BCUT2D eigenvalue weighted by atomic mass is 10.2. The molecule has 0 saturated heterocycles. The van der Waals surface area contributed by atoms with E-state index in [2.05, 4.69) is 12.6 Å². The molecule has 3 N–H and O–H groups in total. The quantitative estimate of drug-likeness (QED) is 0.323. The zero-order chi connectivity index (χ0) is 13.6. The predicted octanol–water partition coefficient (Wildman–Crippen LogP) is -0.664. The van der Waals surface area contributed by atoms with Crippen LogP contribution in [0.5, 0.6) is 0 Å². The number of nitrogens with zero attached hydrogens (tertiary/aromatic N) is 1. The summed E-state index contributed by atoms with van der Waals surface area (Å²) in [4.78, 5) is 22.1. The van der Waals surface area contributed by atoms with E-state index < -0.39 is 24.1 Å². The molecule has 2 atom stereocenters. The van der Waals surface area contributed by atoms with E-state index in [1.165, 1.54) is 0 Å². The second-order valence-corrected chi connectivity index (χ2v) is 5.28. The molecule has 6 nitrogen and oxygen atoms in total. The van der Waals surface area contributed by atoms with Crippen molar-refractivity contribution >= 4 is 24.6 Å². The number of esters is 1. The Balaban J connectivity index is 4.48. The molecule has 0 aromatic heterocycles. The summed E-state index contributed by atoms with van der Waals surface area (Å²) in [5, 5.41) is 8.74. The number of quaternary nitrogens is 1. The molecule has 0 spiro atoms. The van der Waals surface area contributed by atoms with Crippen molar-refractivity contribution in [2.45, 2.75) is 18.6 Å². The average molecular weight is 265 g/mol. The van der Waals surface area contributed by atoms with E-state index in [-0.39, 0.29) is 12.2 Å². The third kappa shape index (κ3) is 8.00.